The molecule has 0 spiro atoms. The number of carboxylic acid groups (broad SMARTS) is 1. The van der Waals surface area contributed by atoms with Gasteiger partial charge in [0.1, 0.15) is 5.75 Å². The van der Waals surface area contributed by atoms with Crippen LogP contribution in [0.25, 0.3) is 0 Å². The maximum atomic E-state index is 12.0. The molecule has 0 radical (unpaired) electrons. The summed E-state index contributed by atoms with van der Waals surface area (Å²) in [5, 5.41) is 22.4. The predicted molar refractivity (Wildman–Crippen MR) is 71.2 cm³/mol. The Balaban J connectivity index is 0.00000484. The fourth-order valence-electron chi connectivity index (χ4n) is 1.57. The number of carbonyl (C=O) groups excluding carboxylic acids is 3. The van der Waals surface area contributed by atoms with E-state index in [1.54, 1.807) is 0 Å². The summed E-state index contributed by atoms with van der Waals surface area (Å²) >= 11 is 0. The van der Waals surface area contributed by atoms with Gasteiger partial charge in [0.25, 0.3) is 0 Å². The standard InChI is InChI=1S/C14H15NO7.K/c1-8(7-11(17)18)15-12(13(19)22-14(20)21-2)9-3-5-10(16)6-4-9;/h3-7,12,15-16H,1-2H3,(H,17,18);/q;+1/p-1/b8-7+;/t12-;/m1./s1. The number of nitrogens with one attached hydrogen (secondary N) is 1. The number of carboxylic acids is 1. The molecule has 0 bridgehead atoms. The first-order valence-electron chi connectivity index (χ1n) is 6.08. The fourth-order valence-corrected chi connectivity index (χ4v) is 1.57. The molecule has 0 unspecified atom stereocenters. The first kappa shape index (κ1) is 21.6. The second-order valence-corrected chi connectivity index (χ2v) is 4.19. The molecule has 0 amide bonds. The molecule has 1 rings (SSSR count). The Morgan fingerprint density at radius 2 is 1.83 bits per heavy atom. The predicted octanol–water partition coefficient (Wildman–Crippen LogP) is -3.01. The Kier molecular flexibility index (Phi) is 9.76. The van der Waals surface area contributed by atoms with Gasteiger partial charge in [-0.1, -0.05) is 12.1 Å². The second-order valence-electron chi connectivity index (χ2n) is 4.19. The molecule has 8 nitrogen and oxygen atoms in total. The van der Waals surface area contributed by atoms with Crippen molar-refractivity contribution >= 4 is 18.1 Å². The number of aliphatic carboxylic acids is 1. The van der Waals surface area contributed by atoms with Crippen LogP contribution in [0.4, 0.5) is 4.79 Å². The molecule has 0 saturated heterocycles. The van der Waals surface area contributed by atoms with E-state index in [1.165, 1.54) is 31.2 Å². The van der Waals surface area contributed by atoms with Crippen LogP contribution >= 0.6 is 0 Å². The number of benzene rings is 1. The van der Waals surface area contributed by atoms with Crippen LogP contribution in [0.15, 0.2) is 36.0 Å². The normalized spacial score (nSPS) is 11.7. The molecule has 1 aromatic carbocycles. The van der Waals surface area contributed by atoms with Crippen molar-refractivity contribution in [1.29, 1.82) is 0 Å². The number of allylic oxidation sites excluding steroid dienone is 1. The van der Waals surface area contributed by atoms with Gasteiger partial charge >= 0.3 is 63.5 Å². The zero-order chi connectivity index (χ0) is 16.7. The topological polar surface area (TPSA) is 125 Å². The van der Waals surface area contributed by atoms with E-state index in [0.29, 0.717) is 5.56 Å². The van der Waals surface area contributed by atoms with Crippen molar-refractivity contribution in [2.75, 3.05) is 7.11 Å². The summed E-state index contributed by atoms with van der Waals surface area (Å²) in [6.45, 7) is 1.40. The zero-order valence-electron chi connectivity index (χ0n) is 12.9. The van der Waals surface area contributed by atoms with E-state index in [9.17, 15) is 24.6 Å². The Bertz CT molecular complexity index is 598. The number of hydrogen-bond donors (Lipinski definition) is 2. The number of esters is 1. The minimum Gasteiger partial charge on any atom is -0.545 e. The van der Waals surface area contributed by atoms with Gasteiger partial charge in [-0.15, -0.1) is 0 Å². The maximum absolute atomic E-state index is 12.0. The van der Waals surface area contributed by atoms with Gasteiger partial charge in [-0.3, -0.25) is 0 Å². The largest absolute Gasteiger partial charge is 1.00 e. The SMILES string of the molecule is COC(=O)OC(=O)[C@H](N/C(C)=C/C(=O)[O-])c1ccc(O)cc1.[K+]. The van der Waals surface area contributed by atoms with Gasteiger partial charge in [0.05, 0.1) is 13.1 Å². The molecule has 0 aliphatic carbocycles. The molecule has 2 N–H and O–H groups in total. The van der Waals surface area contributed by atoms with Crippen molar-refractivity contribution in [3.63, 3.8) is 0 Å². The van der Waals surface area contributed by atoms with Crippen molar-refractivity contribution in [3.8, 4) is 5.75 Å². The van der Waals surface area contributed by atoms with Gasteiger partial charge in [-0.25, -0.2) is 9.59 Å². The molecule has 9 heteroatoms. The van der Waals surface area contributed by atoms with Crippen LogP contribution in [0.3, 0.4) is 0 Å². The van der Waals surface area contributed by atoms with E-state index in [2.05, 4.69) is 14.8 Å². The summed E-state index contributed by atoms with van der Waals surface area (Å²) in [6.07, 6.45) is -0.448. The first-order chi connectivity index (χ1) is 10.3. The number of phenols is 1. The van der Waals surface area contributed by atoms with E-state index in [1.807, 2.05) is 0 Å². The summed E-state index contributed by atoms with van der Waals surface area (Å²) in [4.78, 5) is 33.5. The average Bonchev–Trinajstić information content (AvgIpc) is 2.44. The maximum Gasteiger partial charge on any atom is 1.00 e. The Hall–Kier alpha value is -1.39. The van der Waals surface area contributed by atoms with Crippen LogP contribution in [0.2, 0.25) is 0 Å². The molecule has 0 heterocycles. The molecule has 1 aromatic rings. The molecule has 0 fully saturated rings. The summed E-state index contributed by atoms with van der Waals surface area (Å²) in [5.41, 5.74) is 0.456. The van der Waals surface area contributed by atoms with Crippen LogP contribution in [-0.2, 0) is 19.1 Å². The van der Waals surface area contributed by atoms with Crippen molar-refractivity contribution < 1.29 is 85.5 Å². The van der Waals surface area contributed by atoms with Gasteiger partial charge in [0.2, 0.25) is 0 Å². The fraction of sp³-hybridized carbons (Fsp3) is 0.214. The van der Waals surface area contributed by atoms with Crippen LogP contribution in [-0.4, -0.2) is 30.3 Å². The van der Waals surface area contributed by atoms with Gasteiger partial charge in [0.15, 0.2) is 6.04 Å². The molecule has 23 heavy (non-hydrogen) atoms. The van der Waals surface area contributed by atoms with Crippen LogP contribution < -0.4 is 61.8 Å². The number of methoxy groups -OCH3 is 1. The van der Waals surface area contributed by atoms with Crippen molar-refractivity contribution in [2.45, 2.75) is 13.0 Å². The minimum absolute atomic E-state index is 0. The van der Waals surface area contributed by atoms with Crippen LogP contribution in [0, 0.1) is 0 Å². The monoisotopic (exact) mass is 347 g/mol. The van der Waals surface area contributed by atoms with Crippen molar-refractivity contribution in [2.24, 2.45) is 0 Å². The third kappa shape index (κ3) is 7.62. The average molecular weight is 347 g/mol. The van der Waals surface area contributed by atoms with E-state index in [0.717, 1.165) is 13.2 Å². The number of aromatic hydroxyl groups is 1. The number of carbonyl (C=O) groups is 3. The molecular formula is C14H14KNO7. The molecule has 0 aliphatic heterocycles. The summed E-state index contributed by atoms with van der Waals surface area (Å²) < 4.78 is 8.66. The number of hydrogen-bond acceptors (Lipinski definition) is 8. The number of ether oxygens (including phenoxy) is 2. The van der Waals surface area contributed by atoms with Gasteiger partial charge in [-0.2, -0.15) is 0 Å². The van der Waals surface area contributed by atoms with Gasteiger partial charge in [0, 0.05) is 5.70 Å². The van der Waals surface area contributed by atoms with Crippen molar-refractivity contribution in [3.05, 3.63) is 41.6 Å². The molecule has 1 atom stereocenters. The van der Waals surface area contributed by atoms with E-state index < -0.39 is 24.1 Å². The third-order valence-corrected chi connectivity index (χ3v) is 2.52. The zero-order valence-corrected chi connectivity index (χ0v) is 16.0. The molecular weight excluding hydrogens is 333 g/mol. The third-order valence-electron chi connectivity index (χ3n) is 2.52. The van der Waals surface area contributed by atoms with E-state index >= 15 is 0 Å². The quantitative estimate of drug-likeness (QED) is 0.250. The Morgan fingerprint density at radius 1 is 1.26 bits per heavy atom. The molecule has 118 valence electrons. The van der Waals surface area contributed by atoms with Gasteiger partial charge < -0.3 is 29.8 Å². The van der Waals surface area contributed by atoms with E-state index in [-0.39, 0.29) is 62.8 Å². The first-order valence-corrected chi connectivity index (χ1v) is 6.08. The summed E-state index contributed by atoms with van der Waals surface area (Å²) in [7, 11) is 1.04. The van der Waals surface area contributed by atoms with Crippen LogP contribution in [0.5, 0.6) is 5.75 Å². The summed E-state index contributed by atoms with van der Waals surface area (Å²) in [6, 6.07) is 4.31. The number of phenolic OH excluding ortho intramolecular Hbond substituents is 1. The van der Waals surface area contributed by atoms with E-state index in [4.69, 9.17) is 0 Å². The minimum atomic E-state index is -1.45. The molecule has 0 aliphatic rings. The smallest absolute Gasteiger partial charge is 0.545 e. The van der Waals surface area contributed by atoms with Crippen LogP contribution in [0.1, 0.15) is 18.5 Å². The Morgan fingerprint density at radius 3 is 2.30 bits per heavy atom. The summed E-state index contributed by atoms with van der Waals surface area (Å²) in [5.74, 6) is -2.47. The Labute approximate surface area is 174 Å². The second kappa shape index (κ2) is 10.4. The van der Waals surface area contributed by atoms with Crippen molar-refractivity contribution in [1.82, 2.24) is 5.32 Å². The van der Waals surface area contributed by atoms with Gasteiger partial charge in [-0.05, 0) is 30.7 Å². The molecule has 0 saturated carbocycles. The molecule has 0 aromatic heterocycles. The number of rotatable bonds is 5.